The van der Waals surface area contributed by atoms with E-state index in [1.54, 1.807) is 0 Å². The molecule has 0 aliphatic carbocycles. The average Bonchev–Trinajstić information content (AvgIpc) is 2.43. The summed E-state index contributed by atoms with van der Waals surface area (Å²) in [5.74, 6) is 0. The van der Waals surface area contributed by atoms with E-state index in [1.165, 1.54) is 89.9 Å². The molecule has 1 nitrogen and oxygen atoms in total. The molecule has 0 saturated heterocycles. The smallest absolute Gasteiger partial charge is 0.412 e. The van der Waals surface area contributed by atoms with Crippen molar-refractivity contribution < 1.29 is 29.6 Å². The summed E-state index contributed by atoms with van der Waals surface area (Å²) in [5, 5.41) is 3.04. The van der Waals surface area contributed by atoms with Crippen LogP contribution in [0.25, 0.3) is 0 Å². The molecule has 0 atom stereocenters. The van der Waals surface area contributed by atoms with E-state index < -0.39 is 0 Å². The second kappa shape index (κ2) is 21.1. The predicted octanol–water partition coefficient (Wildman–Crippen LogP) is 2.89. The predicted molar refractivity (Wildman–Crippen MR) is 98.3 cm³/mol. The average molecular weight is 340 g/mol. The standard InChI is InChI=1S/C17H35NS2.Na/c1-2-3-4-5-6-7-8-9-10-11-12-13-14-15-16-18-17(19)20;/h2-16H2,1H3,(H2,18,19,20);/q;+1/p-1. The Hall–Kier alpha value is 1.11. The Balaban J connectivity index is 0. The molecule has 0 spiro atoms. The maximum Gasteiger partial charge on any atom is 1.00 e. The Morgan fingerprint density at radius 1 is 0.714 bits per heavy atom. The first-order valence-electron chi connectivity index (χ1n) is 8.72. The fourth-order valence-electron chi connectivity index (χ4n) is 2.51. The third-order valence-electron chi connectivity index (χ3n) is 3.80. The maximum absolute atomic E-state index is 4.80. The molecule has 1 N–H and O–H groups in total. The maximum atomic E-state index is 4.80. The topological polar surface area (TPSA) is 12.0 Å². The molecule has 0 radical (unpaired) electrons. The van der Waals surface area contributed by atoms with E-state index in [2.05, 4.69) is 12.2 Å². The van der Waals surface area contributed by atoms with Crippen LogP contribution in [0.4, 0.5) is 0 Å². The molecule has 0 unspecified atom stereocenters. The first kappa shape index (κ1) is 24.4. The number of thiocarbonyl (C=S) groups is 1. The van der Waals surface area contributed by atoms with Crippen LogP contribution in [0.15, 0.2) is 0 Å². The first-order chi connectivity index (χ1) is 9.77. The number of hydrogen-bond donors (Lipinski definition) is 1. The zero-order valence-electron chi connectivity index (χ0n) is 14.4. The molecule has 0 amide bonds. The minimum atomic E-state index is 0. The van der Waals surface area contributed by atoms with E-state index in [4.69, 9.17) is 24.8 Å². The van der Waals surface area contributed by atoms with Crippen molar-refractivity contribution in [2.45, 2.75) is 96.8 Å². The Labute approximate surface area is 166 Å². The van der Waals surface area contributed by atoms with Crippen LogP contribution in [0.5, 0.6) is 0 Å². The molecule has 0 aromatic heterocycles. The third kappa shape index (κ3) is 23.5. The summed E-state index contributed by atoms with van der Waals surface area (Å²) in [7, 11) is 0. The van der Waals surface area contributed by atoms with Crippen LogP contribution >= 0.6 is 12.2 Å². The molecule has 0 aromatic rings. The van der Waals surface area contributed by atoms with Crippen LogP contribution in [-0.4, -0.2) is 10.9 Å². The molecule has 0 bridgehead atoms. The molecular formula is C17H34NNaS2. The summed E-state index contributed by atoms with van der Waals surface area (Å²) in [6.45, 7) is 3.24. The number of rotatable bonds is 15. The van der Waals surface area contributed by atoms with Gasteiger partial charge in [-0.1, -0.05) is 94.7 Å². The van der Waals surface area contributed by atoms with Crippen LogP contribution in [0.2, 0.25) is 0 Å². The molecule has 120 valence electrons. The van der Waals surface area contributed by atoms with E-state index in [9.17, 15) is 0 Å². The molecular weight excluding hydrogens is 305 g/mol. The van der Waals surface area contributed by atoms with Crippen LogP contribution < -0.4 is 34.9 Å². The van der Waals surface area contributed by atoms with Gasteiger partial charge in [0.05, 0.1) is 0 Å². The zero-order valence-corrected chi connectivity index (χ0v) is 18.1. The van der Waals surface area contributed by atoms with E-state index in [-0.39, 0.29) is 29.6 Å². The van der Waals surface area contributed by atoms with Crippen molar-refractivity contribution in [3.05, 3.63) is 0 Å². The first-order valence-corrected chi connectivity index (χ1v) is 9.54. The molecule has 0 fully saturated rings. The van der Waals surface area contributed by atoms with Crippen LogP contribution in [0.3, 0.4) is 0 Å². The zero-order chi connectivity index (χ0) is 14.9. The summed E-state index contributed by atoms with van der Waals surface area (Å²) in [4.78, 5) is 0. The normalized spacial score (nSPS) is 10.1. The van der Waals surface area contributed by atoms with E-state index in [0.29, 0.717) is 4.32 Å². The van der Waals surface area contributed by atoms with Crippen LogP contribution in [0, 0.1) is 0 Å². The molecule has 4 heteroatoms. The minimum absolute atomic E-state index is 0. The quantitative estimate of drug-likeness (QED) is 0.213. The Morgan fingerprint density at radius 2 is 1.05 bits per heavy atom. The van der Waals surface area contributed by atoms with Gasteiger partial charge in [-0.05, 0) is 6.42 Å². The van der Waals surface area contributed by atoms with Gasteiger partial charge >= 0.3 is 29.6 Å². The van der Waals surface area contributed by atoms with Gasteiger partial charge in [0, 0.05) is 6.54 Å². The van der Waals surface area contributed by atoms with Gasteiger partial charge in [0.1, 0.15) is 0 Å². The summed E-state index contributed by atoms with van der Waals surface area (Å²) >= 11 is 9.60. The van der Waals surface area contributed by atoms with Crippen molar-refractivity contribution in [3.63, 3.8) is 0 Å². The van der Waals surface area contributed by atoms with Crippen molar-refractivity contribution >= 4 is 29.2 Å². The van der Waals surface area contributed by atoms with Crippen molar-refractivity contribution in [1.29, 1.82) is 0 Å². The Kier molecular flexibility index (Phi) is 24.5. The van der Waals surface area contributed by atoms with Gasteiger partial charge < -0.3 is 30.2 Å². The monoisotopic (exact) mass is 339 g/mol. The summed E-state index contributed by atoms with van der Waals surface area (Å²) in [6.07, 6.45) is 19.6. The van der Waals surface area contributed by atoms with Crippen molar-refractivity contribution in [1.82, 2.24) is 5.32 Å². The summed E-state index contributed by atoms with van der Waals surface area (Å²) < 4.78 is 0.514. The van der Waals surface area contributed by atoms with Gasteiger partial charge in [0.2, 0.25) is 0 Å². The molecule has 0 saturated carbocycles. The summed E-state index contributed by atoms with van der Waals surface area (Å²) in [6, 6.07) is 0. The Morgan fingerprint density at radius 3 is 1.38 bits per heavy atom. The van der Waals surface area contributed by atoms with Gasteiger partial charge in [0.25, 0.3) is 0 Å². The fraction of sp³-hybridized carbons (Fsp3) is 0.941. The molecule has 0 rings (SSSR count). The van der Waals surface area contributed by atoms with Crippen LogP contribution in [0.1, 0.15) is 96.8 Å². The third-order valence-corrected chi connectivity index (χ3v) is 4.09. The number of unbranched alkanes of at least 4 members (excludes halogenated alkanes) is 13. The van der Waals surface area contributed by atoms with Gasteiger partial charge in [-0.25, -0.2) is 0 Å². The van der Waals surface area contributed by atoms with E-state index in [1.807, 2.05) is 0 Å². The van der Waals surface area contributed by atoms with Gasteiger partial charge in [0.15, 0.2) is 0 Å². The fourth-order valence-corrected chi connectivity index (χ4v) is 2.71. The van der Waals surface area contributed by atoms with Gasteiger partial charge in [-0.3, -0.25) is 0 Å². The molecule has 0 heterocycles. The molecule has 0 aliphatic rings. The molecule has 0 aliphatic heterocycles. The Bertz CT molecular complexity index is 213. The SMILES string of the molecule is CCCCCCCCCCCCCCCCNC(=S)[S-].[Na+]. The molecule has 21 heavy (non-hydrogen) atoms. The van der Waals surface area contributed by atoms with E-state index in [0.717, 1.165) is 6.54 Å². The minimum Gasteiger partial charge on any atom is -0.412 e. The van der Waals surface area contributed by atoms with Gasteiger partial charge in [-0.2, -0.15) is 0 Å². The molecule has 0 aromatic carbocycles. The van der Waals surface area contributed by atoms with Gasteiger partial charge in [-0.15, -0.1) is 0 Å². The second-order valence-electron chi connectivity index (χ2n) is 5.81. The summed E-state index contributed by atoms with van der Waals surface area (Å²) in [5.41, 5.74) is 0. The number of hydrogen-bond acceptors (Lipinski definition) is 2. The van der Waals surface area contributed by atoms with Crippen molar-refractivity contribution in [2.75, 3.05) is 6.54 Å². The van der Waals surface area contributed by atoms with Crippen molar-refractivity contribution in [2.24, 2.45) is 0 Å². The largest absolute Gasteiger partial charge is 1.00 e. The second-order valence-corrected chi connectivity index (χ2v) is 6.89. The van der Waals surface area contributed by atoms with Crippen LogP contribution in [-0.2, 0) is 12.6 Å². The number of nitrogens with one attached hydrogen (secondary N) is 1. The van der Waals surface area contributed by atoms with E-state index >= 15 is 0 Å². The van der Waals surface area contributed by atoms with Crippen molar-refractivity contribution in [3.8, 4) is 0 Å².